The molecule has 1 unspecified atom stereocenters. The minimum Gasteiger partial charge on any atom is -1.00 e. The Kier molecular flexibility index (Phi) is 4.90. The Hall–Kier alpha value is -0.910. The van der Waals surface area contributed by atoms with Crippen LogP contribution in [0.2, 0.25) is 0 Å². The van der Waals surface area contributed by atoms with E-state index in [1.54, 1.807) is 6.08 Å². The van der Waals surface area contributed by atoms with Gasteiger partial charge in [0.1, 0.15) is 5.41 Å². The molecule has 1 aliphatic heterocycles. The summed E-state index contributed by atoms with van der Waals surface area (Å²) in [5.74, 6) is -1.22. The summed E-state index contributed by atoms with van der Waals surface area (Å²) in [4.78, 5) is 35.2. The van der Waals surface area contributed by atoms with E-state index in [9.17, 15) is 14.4 Å². The van der Waals surface area contributed by atoms with Crippen LogP contribution in [0.25, 0.3) is 0 Å². The van der Waals surface area contributed by atoms with Crippen molar-refractivity contribution in [3.8, 4) is 0 Å². The number of amides is 4. The Bertz CT molecular complexity index is 417. The minimum atomic E-state index is -1.22. The molecule has 4 amide bonds. The van der Waals surface area contributed by atoms with E-state index in [-0.39, 0.29) is 43.3 Å². The Balaban J connectivity index is 0.00000162. The monoisotopic (exact) mass is 258 g/mol. The first-order valence-corrected chi connectivity index (χ1v) is 5.55. The predicted octanol–water partition coefficient (Wildman–Crippen LogP) is -2.00. The van der Waals surface area contributed by atoms with Crippen molar-refractivity contribution in [2.45, 2.75) is 19.3 Å². The number of carbonyl (C=O) groups is 3. The van der Waals surface area contributed by atoms with Gasteiger partial charge in [-0.05, 0) is 19.3 Å². The molecule has 6 heteroatoms. The molecule has 18 heavy (non-hydrogen) atoms. The van der Waals surface area contributed by atoms with Crippen molar-refractivity contribution in [1.29, 1.82) is 0 Å². The number of allylic oxidation sites excluding steroid dienone is 3. The van der Waals surface area contributed by atoms with Gasteiger partial charge < -0.3 is 1.43 Å². The number of carbonyl (C=O) groups excluding carboxylic acids is 3. The maximum Gasteiger partial charge on any atom is 1.00 e. The summed E-state index contributed by atoms with van der Waals surface area (Å²) in [5, 5.41) is 4.34. The molecule has 1 saturated heterocycles. The molecule has 1 fully saturated rings. The van der Waals surface area contributed by atoms with Gasteiger partial charge in [0.2, 0.25) is 11.8 Å². The average molecular weight is 258 g/mol. The number of hydrogen-bond donors (Lipinski definition) is 2. The fraction of sp³-hybridized carbons (Fsp3) is 0.417. The van der Waals surface area contributed by atoms with E-state index in [0.717, 1.165) is 12.8 Å². The van der Waals surface area contributed by atoms with Gasteiger partial charge in [0.25, 0.3) is 0 Å². The molecule has 0 radical (unpaired) electrons. The Labute approximate surface area is 129 Å². The topological polar surface area (TPSA) is 75.3 Å². The van der Waals surface area contributed by atoms with Gasteiger partial charge in [0, 0.05) is 5.92 Å². The molecule has 1 atom stereocenters. The van der Waals surface area contributed by atoms with Gasteiger partial charge >= 0.3 is 35.6 Å². The van der Waals surface area contributed by atoms with E-state index >= 15 is 0 Å². The Morgan fingerprint density at radius 3 is 2.44 bits per heavy atom. The molecule has 0 bridgehead atoms. The zero-order valence-corrected chi connectivity index (χ0v) is 12.4. The van der Waals surface area contributed by atoms with Crippen molar-refractivity contribution in [2.24, 2.45) is 11.3 Å². The third-order valence-electron chi connectivity index (χ3n) is 3.38. The summed E-state index contributed by atoms with van der Waals surface area (Å²) >= 11 is 0. The fourth-order valence-electron chi connectivity index (χ4n) is 2.51. The summed E-state index contributed by atoms with van der Waals surface area (Å²) in [6, 6.07) is -0.748. The van der Waals surface area contributed by atoms with Crippen LogP contribution in [0.15, 0.2) is 24.8 Å². The molecule has 0 aromatic carbocycles. The molecule has 0 aromatic heterocycles. The Morgan fingerprint density at radius 1 is 1.39 bits per heavy atom. The summed E-state index contributed by atoms with van der Waals surface area (Å²) in [7, 11) is 0. The third-order valence-corrected chi connectivity index (χ3v) is 3.38. The van der Waals surface area contributed by atoms with E-state index in [1.165, 1.54) is 0 Å². The predicted molar refractivity (Wildman–Crippen MR) is 61.9 cm³/mol. The molecule has 2 rings (SSSR count). The van der Waals surface area contributed by atoms with E-state index in [1.807, 2.05) is 12.2 Å². The molecule has 2 aliphatic rings. The SMILES string of the molecule is C=CCC1(C2C=CCC2)C(=O)NC(=O)NC1=O.[H-].[Na+]. The van der Waals surface area contributed by atoms with Crippen LogP contribution in [0.5, 0.6) is 0 Å². The van der Waals surface area contributed by atoms with Crippen LogP contribution < -0.4 is 40.2 Å². The van der Waals surface area contributed by atoms with Crippen molar-refractivity contribution in [3.63, 3.8) is 0 Å². The van der Waals surface area contributed by atoms with E-state index in [4.69, 9.17) is 0 Å². The molecular formula is C12H15N2NaO3. The summed E-state index contributed by atoms with van der Waals surface area (Å²) in [5.41, 5.74) is -1.22. The van der Waals surface area contributed by atoms with Crippen LogP contribution in [0.1, 0.15) is 20.7 Å². The van der Waals surface area contributed by atoms with Crippen LogP contribution in [0.3, 0.4) is 0 Å². The van der Waals surface area contributed by atoms with Crippen LogP contribution in [0.4, 0.5) is 4.79 Å². The second-order valence-electron chi connectivity index (χ2n) is 4.31. The normalized spacial score (nSPS) is 25.1. The van der Waals surface area contributed by atoms with Crippen molar-refractivity contribution in [1.82, 2.24) is 10.6 Å². The van der Waals surface area contributed by atoms with E-state index in [2.05, 4.69) is 17.2 Å². The van der Waals surface area contributed by atoms with Gasteiger partial charge in [-0.15, -0.1) is 6.58 Å². The molecule has 1 heterocycles. The Morgan fingerprint density at radius 2 is 2.00 bits per heavy atom. The first kappa shape index (κ1) is 15.1. The van der Waals surface area contributed by atoms with Gasteiger partial charge in [-0.2, -0.15) is 0 Å². The van der Waals surface area contributed by atoms with Crippen molar-refractivity contribution in [2.75, 3.05) is 0 Å². The molecule has 0 spiro atoms. The van der Waals surface area contributed by atoms with Crippen LogP contribution in [0, 0.1) is 11.3 Å². The maximum atomic E-state index is 12.0. The standard InChI is InChI=1S/C12H14N2O3.Na.H/c1-2-7-12(8-5-3-4-6-8)9(15)13-11(17)14-10(12)16;;/h2-3,5,8H,1,4,6-7H2,(H2,13,14,15,16,17);;/q;+1;-1. The van der Waals surface area contributed by atoms with Gasteiger partial charge in [0.05, 0.1) is 0 Å². The molecule has 5 nitrogen and oxygen atoms in total. The number of nitrogens with one attached hydrogen (secondary N) is 2. The molecule has 1 aliphatic carbocycles. The number of rotatable bonds is 3. The fourth-order valence-corrected chi connectivity index (χ4v) is 2.51. The van der Waals surface area contributed by atoms with Crippen LogP contribution in [-0.4, -0.2) is 17.8 Å². The van der Waals surface area contributed by atoms with Crippen LogP contribution in [-0.2, 0) is 9.59 Å². The van der Waals surface area contributed by atoms with E-state index in [0.29, 0.717) is 0 Å². The number of barbiturate groups is 1. The van der Waals surface area contributed by atoms with Crippen molar-refractivity contribution in [3.05, 3.63) is 24.8 Å². The smallest absolute Gasteiger partial charge is 1.00 e. The maximum absolute atomic E-state index is 12.0. The van der Waals surface area contributed by atoms with Crippen LogP contribution >= 0.6 is 0 Å². The molecule has 0 aromatic rings. The second kappa shape index (κ2) is 5.82. The minimum absolute atomic E-state index is 0. The van der Waals surface area contributed by atoms with E-state index < -0.39 is 23.3 Å². The summed E-state index contributed by atoms with van der Waals surface area (Å²) < 4.78 is 0. The first-order chi connectivity index (χ1) is 8.11. The van der Waals surface area contributed by atoms with Gasteiger partial charge in [-0.25, -0.2) is 4.79 Å². The first-order valence-electron chi connectivity index (χ1n) is 5.55. The molecule has 92 valence electrons. The molecular weight excluding hydrogens is 243 g/mol. The summed E-state index contributed by atoms with van der Waals surface area (Å²) in [6.07, 6.45) is 7.18. The third kappa shape index (κ3) is 2.30. The number of imide groups is 2. The second-order valence-corrected chi connectivity index (χ2v) is 4.31. The zero-order valence-electron chi connectivity index (χ0n) is 11.4. The molecule has 2 N–H and O–H groups in total. The summed E-state index contributed by atoms with van der Waals surface area (Å²) in [6.45, 7) is 3.59. The number of hydrogen-bond acceptors (Lipinski definition) is 3. The van der Waals surface area contributed by atoms with Crippen molar-refractivity contribution >= 4 is 17.8 Å². The quantitative estimate of drug-likeness (QED) is 0.349. The average Bonchev–Trinajstić information content (AvgIpc) is 2.77. The zero-order chi connectivity index (χ0) is 12.5. The van der Waals surface area contributed by atoms with Gasteiger partial charge in [-0.1, -0.05) is 18.2 Å². The van der Waals surface area contributed by atoms with Crippen molar-refractivity contribution < 1.29 is 45.4 Å². The van der Waals surface area contributed by atoms with Gasteiger partial charge in [-0.3, -0.25) is 20.2 Å². The molecule has 0 saturated carbocycles. The largest absolute Gasteiger partial charge is 1.00 e. The number of urea groups is 1. The van der Waals surface area contributed by atoms with Gasteiger partial charge in [0.15, 0.2) is 0 Å².